The molecule has 9 nitrogen and oxygen atoms in total. The van der Waals surface area contributed by atoms with E-state index in [2.05, 4.69) is 14.8 Å². The summed E-state index contributed by atoms with van der Waals surface area (Å²) in [6, 6.07) is 10.1. The van der Waals surface area contributed by atoms with Crippen LogP contribution in [0.4, 0.5) is 5.69 Å². The summed E-state index contributed by atoms with van der Waals surface area (Å²) in [5.41, 5.74) is -0.242. The van der Waals surface area contributed by atoms with Crippen molar-refractivity contribution in [3.05, 3.63) is 76.4 Å². The molecule has 3 aromatic heterocycles. The molecule has 0 saturated carbocycles. The smallest absolute Gasteiger partial charge is 0.213 e. The highest BCUT2D eigenvalue weighted by atomic mass is 35.5. The third-order valence-corrected chi connectivity index (χ3v) is 7.41. The normalized spacial score (nSPS) is 24.1. The van der Waals surface area contributed by atoms with Gasteiger partial charge >= 0.3 is 0 Å². The fourth-order valence-electron chi connectivity index (χ4n) is 5.54. The summed E-state index contributed by atoms with van der Waals surface area (Å²) in [4.78, 5) is 12.0. The summed E-state index contributed by atoms with van der Waals surface area (Å²) in [7, 11) is 0. The Morgan fingerprint density at radius 2 is 2.00 bits per heavy atom. The Kier molecular flexibility index (Phi) is 4.92. The molecule has 3 atom stereocenters. The van der Waals surface area contributed by atoms with Crippen molar-refractivity contribution in [1.82, 2.24) is 14.5 Å². The number of aliphatic hydroxyl groups is 1. The van der Waals surface area contributed by atoms with Crippen LogP contribution in [-0.2, 0) is 15.9 Å². The van der Waals surface area contributed by atoms with Crippen LogP contribution in [0, 0.1) is 6.57 Å². The van der Waals surface area contributed by atoms with Gasteiger partial charge < -0.3 is 24.8 Å². The van der Waals surface area contributed by atoms with Gasteiger partial charge in [0.1, 0.15) is 11.2 Å². The molecule has 36 heavy (non-hydrogen) atoms. The summed E-state index contributed by atoms with van der Waals surface area (Å²) < 4.78 is 13.5. The molecule has 2 aliphatic rings. The molecule has 1 aromatic carbocycles. The average Bonchev–Trinajstić information content (AvgIpc) is 3.41. The van der Waals surface area contributed by atoms with E-state index in [4.69, 9.17) is 27.6 Å². The summed E-state index contributed by atoms with van der Waals surface area (Å²) >= 11 is 5.89. The molecule has 2 aliphatic heterocycles. The molecule has 3 N–H and O–H groups in total. The molecular formula is C26H21ClN4O5. The molecule has 10 heteroatoms. The minimum absolute atomic E-state index is 0.189. The van der Waals surface area contributed by atoms with Gasteiger partial charge in [-0.25, -0.2) is 9.83 Å². The Morgan fingerprint density at radius 3 is 2.75 bits per heavy atom. The number of benzene rings is 1. The molecule has 2 bridgehead atoms. The Labute approximate surface area is 211 Å². The van der Waals surface area contributed by atoms with Crippen LogP contribution in [-0.4, -0.2) is 42.6 Å². The van der Waals surface area contributed by atoms with Crippen molar-refractivity contribution in [2.75, 3.05) is 6.61 Å². The summed E-state index contributed by atoms with van der Waals surface area (Å²) in [5.74, 6) is -0.0334. The Morgan fingerprint density at radius 1 is 1.19 bits per heavy atom. The number of ether oxygens (including phenoxy) is 2. The second-order valence-electron chi connectivity index (χ2n) is 9.18. The van der Waals surface area contributed by atoms with E-state index in [-0.39, 0.29) is 24.8 Å². The van der Waals surface area contributed by atoms with Crippen molar-refractivity contribution in [1.29, 1.82) is 0 Å². The van der Waals surface area contributed by atoms with Crippen LogP contribution in [0.3, 0.4) is 0 Å². The molecule has 1 fully saturated rings. The SMILES string of the molecule is [C-]#[N+]c1ccc(-n2c(O)c3c(c2O)C2(C)OC3(CCOc3ccc(Cl)cn3)C[C@H]2O)c2cccnc12. The number of rotatable bonds is 5. The van der Waals surface area contributed by atoms with Gasteiger partial charge in [0.25, 0.3) is 0 Å². The topological polar surface area (TPSA) is 114 Å². The van der Waals surface area contributed by atoms with E-state index in [0.717, 1.165) is 0 Å². The van der Waals surface area contributed by atoms with Gasteiger partial charge in [-0.2, -0.15) is 0 Å². The van der Waals surface area contributed by atoms with E-state index < -0.39 is 17.3 Å². The van der Waals surface area contributed by atoms with Gasteiger partial charge in [0.15, 0.2) is 0 Å². The molecule has 4 aromatic rings. The van der Waals surface area contributed by atoms with Crippen LogP contribution in [0.1, 0.15) is 30.9 Å². The van der Waals surface area contributed by atoms with Crippen LogP contribution in [0.5, 0.6) is 17.6 Å². The number of fused-ring (bicyclic) bond motifs is 6. The molecule has 0 spiro atoms. The highest BCUT2D eigenvalue weighted by Gasteiger charge is 2.66. The van der Waals surface area contributed by atoms with Gasteiger partial charge in [0.05, 0.1) is 46.6 Å². The quantitative estimate of drug-likeness (QED) is 0.337. The number of hydrogen-bond donors (Lipinski definition) is 3. The predicted octanol–water partition coefficient (Wildman–Crippen LogP) is 4.71. The van der Waals surface area contributed by atoms with Crippen molar-refractivity contribution in [3.8, 4) is 23.3 Å². The van der Waals surface area contributed by atoms with E-state index in [1.807, 2.05) is 0 Å². The fraction of sp³-hybridized carbons (Fsp3) is 0.269. The van der Waals surface area contributed by atoms with E-state index in [1.165, 1.54) is 10.8 Å². The lowest BCUT2D eigenvalue weighted by Gasteiger charge is -2.26. The number of aromatic nitrogens is 3. The lowest BCUT2D eigenvalue weighted by molar-refractivity contribution is -0.107. The van der Waals surface area contributed by atoms with Crippen molar-refractivity contribution in [2.24, 2.45) is 0 Å². The van der Waals surface area contributed by atoms with Crippen molar-refractivity contribution in [2.45, 2.75) is 37.1 Å². The van der Waals surface area contributed by atoms with Crippen LogP contribution in [0.2, 0.25) is 5.02 Å². The molecule has 2 unspecified atom stereocenters. The van der Waals surface area contributed by atoms with Crippen LogP contribution in [0.15, 0.2) is 48.8 Å². The Bertz CT molecular complexity index is 1560. The number of nitrogens with zero attached hydrogens (tertiary/aromatic N) is 4. The zero-order valence-corrected chi connectivity index (χ0v) is 19.9. The third-order valence-electron chi connectivity index (χ3n) is 7.18. The first-order valence-electron chi connectivity index (χ1n) is 11.3. The van der Waals surface area contributed by atoms with Crippen LogP contribution >= 0.6 is 11.6 Å². The molecule has 5 heterocycles. The molecule has 1 saturated heterocycles. The maximum Gasteiger partial charge on any atom is 0.213 e. The predicted molar refractivity (Wildman–Crippen MR) is 131 cm³/mol. The average molecular weight is 505 g/mol. The zero-order valence-electron chi connectivity index (χ0n) is 19.1. The first kappa shape index (κ1) is 22.6. The lowest BCUT2D eigenvalue weighted by atomic mass is 9.76. The highest BCUT2D eigenvalue weighted by molar-refractivity contribution is 6.30. The first-order valence-corrected chi connectivity index (χ1v) is 11.7. The molecule has 0 radical (unpaired) electrons. The van der Waals surface area contributed by atoms with E-state index in [9.17, 15) is 15.3 Å². The Hall–Kier alpha value is -3.84. The first-order chi connectivity index (χ1) is 17.3. The lowest BCUT2D eigenvalue weighted by Crippen LogP contribution is -2.33. The summed E-state index contributed by atoms with van der Waals surface area (Å²) in [6.45, 7) is 9.34. The number of aliphatic hydroxyl groups excluding tert-OH is 1. The maximum absolute atomic E-state index is 11.5. The van der Waals surface area contributed by atoms with E-state index in [0.29, 0.717) is 50.7 Å². The van der Waals surface area contributed by atoms with Crippen LogP contribution in [0.25, 0.3) is 21.4 Å². The number of pyridine rings is 2. The van der Waals surface area contributed by atoms with Crippen molar-refractivity contribution < 1.29 is 24.8 Å². The largest absolute Gasteiger partial charge is 0.494 e. The molecule has 6 rings (SSSR count). The monoisotopic (exact) mass is 504 g/mol. The maximum atomic E-state index is 11.5. The molecule has 182 valence electrons. The highest BCUT2D eigenvalue weighted by Crippen LogP contribution is 2.65. The summed E-state index contributed by atoms with van der Waals surface area (Å²) in [6.07, 6.45) is 2.70. The third kappa shape index (κ3) is 3.02. The van der Waals surface area contributed by atoms with Gasteiger partial charge in [0, 0.05) is 36.7 Å². The molecule has 0 aliphatic carbocycles. The van der Waals surface area contributed by atoms with Crippen LogP contribution < -0.4 is 4.74 Å². The van der Waals surface area contributed by atoms with Gasteiger partial charge in [-0.1, -0.05) is 23.7 Å². The standard InChI is InChI=1S/C26H21ClN4O5/c1-25-18(32)12-26(36-25,9-11-35-19-8-5-14(27)13-30-19)21-20(25)23(33)31(24(21)34)17-7-6-16(28-2)22-15(17)4-3-10-29-22/h3-8,10,13,18,32-34H,9,11-12H2,1H3/t18-,25?,26?/m1/s1. The number of aromatic hydroxyl groups is 2. The van der Waals surface area contributed by atoms with E-state index in [1.54, 1.807) is 49.5 Å². The number of hydrogen-bond acceptors (Lipinski definition) is 7. The van der Waals surface area contributed by atoms with Gasteiger partial charge in [0.2, 0.25) is 23.3 Å². The molecular weight excluding hydrogens is 484 g/mol. The number of halogens is 1. The van der Waals surface area contributed by atoms with Gasteiger partial charge in [-0.3, -0.25) is 9.55 Å². The summed E-state index contributed by atoms with van der Waals surface area (Å²) in [5, 5.41) is 34.9. The van der Waals surface area contributed by atoms with E-state index >= 15 is 0 Å². The minimum Gasteiger partial charge on any atom is -0.494 e. The van der Waals surface area contributed by atoms with Gasteiger partial charge in [-0.15, -0.1) is 0 Å². The molecule has 0 amide bonds. The minimum atomic E-state index is -1.22. The van der Waals surface area contributed by atoms with Gasteiger partial charge in [-0.05, 0) is 25.1 Å². The second-order valence-corrected chi connectivity index (χ2v) is 9.62. The zero-order chi connectivity index (χ0) is 25.2. The van der Waals surface area contributed by atoms with Crippen molar-refractivity contribution in [3.63, 3.8) is 0 Å². The Balaban J connectivity index is 1.45. The fourth-order valence-corrected chi connectivity index (χ4v) is 5.66. The second kappa shape index (κ2) is 7.83. The van der Waals surface area contributed by atoms with Crippen molar-refractivity contribution >= 4 is 28.2 Å².